The Morgan fingerprint density at radius 1 is 1.12 bits per heavy atom. The minimum atomic E-state index is 0.109. The quantitative estimate of drug-likeness (QED) is 0.818. The number of piperazine rings is 1. The Balaban J connectivity index is 1.30. The predicted octanol–water partition coefficient (Wildman–Crippen LogP) is 1.18. The summed E-state index contributed by atoms with van der Waals surface area (Å²) in [5, 5.41) is 4.29. The lowest BCUT2D eigenvalue weighted by molar-refractivity contribution is -0.130. The lowest BCUT2D eigenvalue weighted by Crippen LogP contribution is -2.51. The van der Waals surface area contributed by atoms with Gasteiger partial charge in [-0.05, 0) is 32.7 Å². The van der Waals surface area contributed by atoms with Crippen LogP contribution in [0.5, 0.6) is 0 Å². The fourth-order valence-electron chi connectivity index (χ4n) is 4.74. The molecular weight excluding hydrogens is 314 g/mol. The summed E-state index contributed by atoms with van der Waals surface area (Å²) in [5.41, 5.74) is 1.42. The Morgan fingerprint density at radius 2 is 1.96 bits per heavy atom. The lowest BCUT2D eigenvalue weighted by Gasteiger charge is -2.42. The molecule has 0 aliphatic carbocycles. The number of aryl methyl sites for hydroxylation is 1. The van der Waals surface area contributed by atoms with Crippen LogP contribution in [0.2, 0.25) is 0 Å². The molecule has 3 aliphatic rings. The van der Waals surface area contributed by atoms with Crippen LogP contribution in [-0.4, -0.2) is 89.0 Å². The molecule has 4 heterocycles. The topological polar surface area (TPSA) is 36.8 Å². The van der Waals surface area contributed by atoms with Gasteiger partial charge in [-0.25, -0.2) is 0 Å². The number of ether oxygens (including phenoxy) is 1. The molecule has 0 saturated carbocycles. The Labute approximate surface area is 151 Å². The highest BCUT2D eigenvalue weighted by molar-refractivity contribution is 5.05. The zero-order valence-electron chi connectivity index (χ0n) is 15.9. The Morgan fingerprint density at radius 3 is 2.72 bits per heavy atom. The second-order valence-corrected chi connectivity index (χ2v) is 8.40. The molecule has 6 heteroatoms. The third-order valence-corrected chi connectivity index (χ3v) is 6.19. The van der Waals surface area contributed by atoms with Crippen LogP contribution in [0.4, 0.5) is 0 Å². The highest BCUT2D eigenvalue weighted by Gasteiger charge is 2.43. The van der Waals surface area contributed by atoms with Crippen LogP contribution in [0.1, 0.15) is 31.2 Å². The first-order chi connectivity index (χ1) is 12.1. The number of aromatic nitrogens is 2. The molecule has 4 rings (SSSR count). The van der Waals surface area contributed by atoms with Crippen molar-refractivity contribution in [3.63, 3.8) is 0 Å². The van der Waals surface area contributed by atoms with Gasteiger partial charge in [-0.2, -0.15) is 5.10 Å². The summed E-state index contributed by atoms with van der Waals surface area (Å²) >= 11 is 0. The van der Waals surface area contributed by atoms with E-state index in [4.69, 9.17) is 4.74 Å². The van der Waals surface area contributed by atoms with Crippen molar-refractivity contribution in [1.29, 1.82) is 0 Å². The molecule has 1 aromatic heterocycles. The summed E-state index contributed by atoms with van der Waals surface area (Å²) < 4.78 is 8.61. The van der Waals surface area contributed by atoms with Gasteiger partial charge >= 0.3 is 0 Å². The van der Waals surface area contributed by atoms with E-state index in [0.717, 1.165) is 26.2 Å². The van der Waals surface area contributed by atoms with Gasteiger partial charge in [0.2, 0.25) is 0 Å². The first kappa shape index (κ1) is 17.5. The van der Waals surface area contributed by atoms with E-state index in [0.29, 0.717) is 6.10 Å². The summed E-state index contributed by atoms with van der Waals surface area (Å²) in [7, 11) is 4.21. The molecule has 3 aliphatic heterocycles. The van der Waals surface area contributed by atoms with Gasteiger partial charge in [0.25, 0.3) is 0 Å². The molecule has 0 radical (unpaired) electrons. The summed E-state index contributed by atoms with van der Waals surface area (Å²) in [6.45, 7) is 9.12. The molecule has 25 heavy (non-hydrogen) atoms. The molecule has 6 nitrogen and oxygen atoms in total. The molecular formula is C19H33N5O. The van der Waals surface area contributed by atoms with Crippen LogP contribution >= 0.6 is 0 Å². The SMILES string of the molecule is CN1CCN(C[C@@H]2CCC[C@@]3(CCN(Cc4cnn(C)c4)C3)O2)CC1. The molecule has 1 spiro atoms. The summed E-state index contributed by atoms with van der Waals surface area (Å²) in [4.78, 5) is 7.58. The lowest BCUT2D eigenvalue weighted by atomic mass is 9.90. The van der Waals surface area contributed by atoms with Crippen molar-refractivity contribution in [3.05, 3.63) is 18.0 Å². The highest BCUT2D eigenvalue weighted by atomic mass is 16.5. The van der Waals surface area contributed by atoms with Crippen molar-refractivity contribution in [3.8, 4) is 0 Å². The maximum Gasteiger partial charge on any atom is 0.0825 e. The van der Waals surface area contributed by atoms with E-state index in [1.54, 1.807) is 0 Å². The van der Waals surface area contributed by atoms with Gasteiger partial charge in [0.15, 0.2) is 0 Å². The van der Waals surface area contributed by atoms with Crippen molar-refractivity contribution in [1.82, 2.24) is 24.5 Å². The third-order valence-electron chi connectivity index (χ3n) is 6.19. The van der Waals surface area contributed by atoms with Gasteiger partial charge in [-0.3, -0.25) is 14.5 Å². The van der Waals surface area contributed by atoms with Crippen LogP contribution < -0.4 is 0 Å². The fourth-order valence-corrected chi connectivity index (χ4v) is 4.74. The zero-order chi connectivity index (χ0) is 17.3. The second-order valence-electron chi connectivity index (χ2n) is 8.40. The molecule has 1 aromatic rings. The molecule has 2 atom stereocenters. The zero-order valence-corrected chi connectivity index (χ0v) is 15.9. The molecule has 140 valence electrons. The van der Waals surface area contributed by atoms with Gasteiger partial charge in [-0.1, -0.05) is 0 Å². The standard InChI is InChI=1S/C19H33N5O/c1-21-8-10-23(11-9-21)15-18-4-3-5-19(25-18)6-7-24(16-19)14-17-12-20-22(2)13-17/h12-13,18H,3-11,14-16H2,1-2H3/t18-,19-/m0/s1. The minimum Gasteiger partial charge on any atom is -0.369 e. The first-order valence-electron chi connectivity index (χ1n) is 9.89. The van der Waals surface area contributed by atoms with Gasteiger partial charge in [0.05, 0.1) is 17.9 Å². The summed E-state index contributed by atoms with van der Waals surface area (Å²) in [6, 6.07) is 0. The Hall–Kier alpha value is -0.950. The third kappa shape index (κ3) is 4.25. The molecule has 0 aromatic carbocycles. The number of likely N-dealkylation sites (N-methyl/N-ethyl adjacent to an activating group) is 1. The van der Waals surface area contributed by atoms with E-state index in [1.807, 2.05) is 17.9 Å². The highest BCUT2D eigenvalue weighted by Crippen LogP contribution is 2.37. The van der Waals surface area contributed by atoms with Crippen LogP contribution in [-0.2, 0) is 18.3 Å². The first-order valence-corrected chi connectivity index (χ1v) is 9.89. The fraction of sp³-hybridized carbons (Fsp3) is 0.842. The number of hydrogen-bond acceptors (Lipinski definition) is 5. The van der Waals surface area contributed by atoms with E-state index in [9.17, 15) is 0 Å². The molecule has 0 amide bonds. The number of nitrogens with zero attached hydrogens (tertiary/aromatic N) is 5. The number of likely N-dealkylation sites (tertiary alicyclic amines) is 1. The van der Waals surface area contributed by atoms with Gasteiger partial charge < -0.3 is 9.64 Å². The van der Waals surface area contributed by atoms with E-state index >= 15 is 0 Å². The minimum absolute atomic E-state index is 0.109. The summed E-state index contributed by atoms with van der Waals surface area (Å²) in [5.74, 6) is 0. The summed E-state index contributed by atoms with van der Waals surface area (Å²) in [6.07, 6.45) is 9.51. The average Bonchev–Trinajstić information content (AvgIpc) is 3.17. The van der Waals surface area contributed by atoms with Crippen molar-refractivity contribution >= 4 is 0 Å². The van der Waals surface area contributed by atoms with E-state index < -0.39 is 0 Å². The molecule has 3 saturated heterocycles. The van der Waals surface area contributed by atoms with Crippen molar-refractivity contribution in [2.45, 2.75) is 43.9 Å². The van der Waals surface area contributed by atoms with Crippen LogP contribution in [0.15, 0.2) is 12.4 Å². The van der Waals surface area contributed by atoms with Gasteiger partial charge in [0, 0.05) is 71.2 Å². The monoisotopic (exact) mass is 347 g/mol. The van der Waals surface area contributed by atoms with E-state index in [1.165, 1.54) is 57.4 Å². The predicted molar refractivity (Wildman–Crippen MR) is 98.5 cm³/mol. The smallest absolute Gasteiger partial charge is 0.0825 e. The maximum absolute atomic E-state index is 6.72. The van der Waals surface area contributed by atoms with Crippen LogP contribution in [0.3, 0.4) is 0 Å². The van der Waals surface area contributed by atoms with Crippen molar-refractivity contribution < 1.29 is 4.74 Å². The van der Waals surface area contributed by atoms with Crippen LogP contribution in [0, 0.1) is 0 Å². The second kappa shape index (κ2) is 7.35. The van der Waals surface area contributed by atoms with E-state index in [2.05, 4.69) is 33.0 Å². The van der Waals surface area contributed by atoms with Gasteiger partial charge in [0.1, 0.15) is 0 Å². The van der Waals surface area contributed by atoms with Crippen molar-refractivity contribution in [2.75, 3.05) is 52.9 Å². The van der Waals surface area contributed by atoms with Crippen LogP contribution in [0.25, 0.3) is 0 Å². The Kier molecular flexibility index (Phi) is 5.13. The molecule has 3 fully saturated rings. The van der Waals surface area contributed by atoms with E-state index in [-0.39, 0.29) is 5.60 Å². The Bertz CT molecular complexity index is 568. The molecule has 0 unspecified atom stereocenters. The average molecular weight is 348 g/mol. The largest absolute Gasteiger partial charge is 0.369 e. The maximum atomic E-state index is 6.72. The molecule has 0 N–H and O–H groups in total. The normalized spacial score (nSPS) is 32.6. The number of hydrogen-bond donors (Lipinski definition) is 0. The number of rotatable bonds is 4. The van der Waals surface area contributed by atoms with Crippen molar-refractivity contribution in [2.24, 2.45) is 7.05 Å². The van der Waals surface area contributed by atoms with Gasteiger partial charge in [-0.15, -0.1) is 0 Å². The molecule has 0 bridgehead atoms.